The quantitative estimate of drug-likeness (QED) is 0.625. The molecule has 24 heavy (non-hydrogen) atoms. The smallest absolute Gasteiger partial charge is 0.353 e. The van der Waals surface area contributed by atoms with Gasteiger partial charge in [-0.05, 0) is 18.2 Å². The number of alkyl halides is 3. The lowest BCUT2D eigenvalue weighted by atomic mass is 9.99. The number of rotatable bonds is 2. The minimum atomic E-state index is -5.74. The van der Waals surface area contributed by atoms with Crippen LogP contribution in [0.3, 0.4) is 0 Å². The second-order valence-electron chi connectivity index (χ2n) is 5.11. The van der Waals surface area contributed by atoms with Crippen LogP contribution in [0.1, 0.15) is 6.42 Å². The van der Waals surface area contributed by atoms with Crippen LogP contribution in [-0.2, 0) is 19.1 Å². The summed E-state index contributed by atoms with van der Waals surface area (Å²) in [5.74, 6) is -0.537. The number of fused-ring (bicyclic) bond motifs is 1. The number of hydrogen-bond acceptors (Lipinski definition) is 5. The summed E-state index contributed by atoms with van der Waals surface area (Å²) < 4.78 is 63.6. The fraction of sp³-hybridized carbons (Fsp3) is 0.214. The van der Waals surface area contributed by atoms with E-state index in [-0.39, 0.29) is 12.0 Å². The molecule has 0 spiro atoms. The summed E-state index contributed by atoms with van der Waals surface area (Å²) in [7, 11) is -5.74. The molecule has 0 radical (unpaired) electrons. The van der Waals surface area contributed by atoms with Gasteiger partial charge in [-0.15, -0.1) is 0 Å². The highest BCUT2D eigenvalue weighted by Gasteiger charge is 2.48. The molecule has 0 saturated carbocycles. The number of para-hydroxylation sites is 2. The van der Waals surface area contributed by atoms with Gasteiger partial charge in [0.25, 0.3) is 5.91 Å². The molecular weight excluding hydrogens is 349 g/mol. The molecule has 10 heteroatoms. The van der Waals surface area contributed by atoms with E-state index in [0.717, 1.165) is 6.08 Å². The standard InChI is InChI=1S/C14H11F3N2O4S/c15-14(16,17)24(21,22)23-8-5-6-10-9(7-8)13(20)19-12-4-2-1-3-11(12)18-10/h1-6,8,18H,7H2,(H,19,20). The number of nitrogens with one attached hydrogen (secondary N) is 2. The number of anilines is 2. The summed E-state index contributed by atoms with van der Waals surface area (Å²) in [5.41, 5.74) is -3.92. The zero-order valence-electron chi connectivity index (χ0n) is 11.9. The molecule has 1 aliphatic carbocycles. The lowest BCUT2D eigenvalue weighted by Gasteiger charge is -2.21. The molecule has 1 unspecified atom stereocenters. The first-order valence-corrected chi connectivity index (χ1v) is 8.16. The Bertz CT molecular complexity index is 859. The Labute approximate surface area is 135 Å². The third-order valence-electron chi connectivity index (χ3n) is 3.46. The fourth-order valence-electron chi connectivity index (χ4n) is 2.34. The van der Waals surface area contributed by atoms with Crippen LogP contribution in [0.5, 0.6) is 0 Å². The molecule has 0 bridgehead atoms. The Balaban J connectivity index is 1.84. The highest BCUT2D eigenvalue weighted by molar-refractivity contribution is 7.87. The lowest BCUT2D eigenvalue weighted by molar-refractivity contribution is -0.113. The average Bonchev–Trinajstić information content (AvgIpc) is 2.62. The number of carbonyl (C=O) groups is 1. The summed E-state index contributed by atoms with van der Waals surface area (Å²) in [5, 5.41) is 5.60. The van der Waals surface area contributed by atoms with Crippen molar-refractivity contribution in [3.63, 3.8) is 0 Å². The monoisotopic (exact) mass is 360 g/mol. The Hall–Kier alpha value is -2.33. The summed E-state index contributed by atoms with van der Waals surface area (Å²) in [6, 6.07) is 6.83. The molecule has 1 heterocycles. The maximum Gasteiger partial charge on any atom is 0.523 e. The predicted octanol–water partition coefficient (Wildman–Crippen LogP) is 2.50. The number of benzene rings is 1. The lowest BCUT2D eigenvalue weighted by Crippen LogP contribution is -2.31. The van der Waals surface area contributed by atoms with Gasteiger partial charge in [0.15, 0.2) is 0 Å². The maximum absolute atomic E-state index is 12.4. The van der Waals surface area contributed by atoms with Gasteiger partial charge in [0.2, 0.25) is 0 Å². The Kier molecular flexibility index (Phi) is 3.88. The van der Waals surface area contributed by atoms with Crippen molar-refractivity contribution < 1.29 is 30.6 Å². The molecule has 1 aromatic rings. The number of halogens is 3. The molecular formula is C14H11F3N2O4S. The third-order valence-corrected chi connectivity index (χ3v) is 4.53. The van der Waals surface area contributed by atoms with E-state index in [1.54, 1.807) is 24.3 Å². The molecule has 0 fully saturated rings. The number of hydrogen-bond donors (Lipinski definition) is 2. The minimum Gasteiger partial charge on any atom is -0.353 e. The van der Waals surface area contributed by atoms with Gasteiger partial charge in [0.05, 0.1) is 11.4 Å². The van der Waals surface area contributed by atoms with E-state index in [0.29, 0.717) is 17.1 Å². The van der Waals surface area contributed by atoms with Crippen molar-refractivity contribution in [3.8, 4) is 0 Å². The molecule has 2 aliphatic rings. The van der Waals surface area contributed by atoms with E-state index in [1.807, 2.05) is 0 Å². The molecule has 2 N–H and O–H groups in total. The van der Waals surface area contributed by atoms with Crippen LogP contribution in [-0.4, -0.2) is 25.9 Å². The summed E-state index contributed by atoms with van der Waals surface area (Å²) in [6.07, 6.45) is 0.769. The molecule has 1 aliphatic heterocycles. The van der Waals surface area contributed by atoms with Gasteiger partial charge in [-0.25, -0.2) is 0 Å². The third kappa shape index (κ3) is 3.02. The van der Waals surface area contributed by atoms with Crippen LogP contribution < -0.4 is 10.6 Å². The van der Waals surface area contributed by atoms with Gasteiger partial charge in [-0.3, -0.25) is 8.98 Å². The summed E-state index contributed by atoms with van der Waals surface area (Å²) in [6.45, 7) is 0. The van der Waals surface area contributed by atoms with E-state index in [2.05, 4.69) is 14.8 Å². The van der Waals surface area contributed by atoms with E-state index < -0.39 is 27.6 Å². The summed E-state index contributed by atoms with van der Waals surface area (Å²) >= 11 is 0. The molecule has 1 amide bonds. The first-order chi connectivity index (χ1) is 11.2. The van der Waals surface area contributed by atoms with Gasteiger partial charge in [0, 0.05) is 17.7 Å². The van der Waals surface area contributed by atoms with Gasteiger partial charge >= 0.3 is 15.6 Å². The van der Waals surface area contributed by atoms with E-state index in [4.69, 9.17) is 0 Å². The summed E-state index contributed by atoms with van der Waals surface area (Å²) in [4.78, 5) is 12.2. The van der Waals surface area contributed by atoms with Gasteiger partial charge in [-0.2, -0.15) is 21.6 Å². The van der Waals surface area contributed by atoms with Crippen molar-refractivity contribution in [2.45, 2.75) is 18.0 Å². The first kappa shape index (κ1) is 16.5. The molecule has 3 rings (SSSR count). The zero-order valence-corrected chi connectivity index (χ0v) is 12.7. The zero-order chi connectivity index (χ0) is 17.5. The Morgan fingerprint density at radius 3 is 2.38 bits per heavy atom. The number of allylic oxidation sites excluding steroid dienone is 1. The topological polar surface area (TPSA) is 84.5 Å². The molecule has 6 nitrogen and oxygen atoms in total. The molecule has 1 atom stereocenters. The van der Waals surface area contributed by atoms with Crippen molar-refractivity contribution in [1.29, 1.82) is 0 Å². The van der Waals surface area contributed by atoms with Crippen LogP contribution in [0.25, 0.3) is 0 Å². The van der Waals surface area contributed by atoms with Gasteiger partial charge < -0.3 is 10.6 Å². The van der Waals surface area contributed by atoms with Crippen molar-refractivity contribution in [1.82, 2.24) is 0 Å². The SMILES string of the molecule is O=C1Nc2ccccc2NC2=C1CC(OS(=O)(=O)C(F)(F)F)C=C2. The molecule has 0 saturated heterocycles. The number of carbonyl (C=O) groups excluding carboxylic acids is 1. The first-order valence-electron chi connectivity index (χ1n) is 6.76. The van der Waals surface area contributed by atoms with E-state index in [9.17, 15) is 26.4 Å². The van der Waals surface area contributed by atoms with Gasteiger partial charge in [0.1, 0.15) is 6.10 Å². The van der Waals surface area contributed by atoms with Crippen molar-refractivity contribution in [2.75, 3.05) is 10.6 Å². The molecule has 1 aromatic carbocycles. The predicted molar refractivity (Wildman–Crippen MR) is 79.3 cm³/mol. The van der Waals surface area contributed by atoms with E-state index >= 15 is 0 Å². The minimum absolute atomic E-state index is 0.107. The highest BCUT2D eigenvalue weighted by atomic mass is 32.2. The Morgan fingerprint density at radius 2 is 1.75 bits per heavy atom. The molecule has 0 aromatic heterocycles. The fourth-order valence-corrected chi connectivity index (χ4v) is 2.91. The van der Waals surface area contributed by atoms with Crippen LogP contribution in [0.2, 0.25) is 0 Å². The highest BCUT2D eigenvalue weighted by Crippen LogP contribution is 2.33. The number of amides is 1. The van der Waals surface area contributed by atoms with Crippen LogP contribution in [0, 0.1) is 0 Å². The second kappa shape index (κ2) is 5.64. The second-order valence-corrected chi connectivity index (χ2v) is 6.68. The van der Waals surface area contributed by atoms with Crippen molar-refractivity contribution in [3.05, 3.63) is 47.7 Å². The van der Waals surface area contributed by atoms with Crippen molar-refractivity contribution in [2.24, 2.45) is 0 Å². The van der Waals surface area contributed by atoms with Crippen LogP contribution in [0.4, 0.5) is 24.5 Å². The van der Waals surface area contributed by atoms with Crippen LogP contribution >= 0.6 is 0 Å². The van der Waals surface area contributed by atoms with Crippen molar-refractivity contribution >= 4 is 27.4 Å². The van der Waals surface area contributed by atoms with Crippen LogP contribution in [0.15, 0.2) is 47.7 Å². The maximum atomic E-state index is 12.4. The van der Waals surface area contributed by atoms with Gasteiger partial charge in [-0.1, -0.05) is 18.2 Å². The Morgan fingerprint density at radius 1 is 1.12 bits per heavy atom. The molecule has 128 valence electrons. The largest absolute Gasteiger partial charge is 0.523 e. The average molecular weight is 360 g/mol. The van der Waals surface area contributed by atoms with E-state index in [1.165, 1.54) is 6.08 Å². The normalized spacial score (nSPS) is 20.6.